The van der Waals surface area contributed by atoms with Gasteiger partial charge in [0, 0.05) is 11.3 Å². The average Bonchev–Trinajstić information content (AvgIpc) is 2.67. The van der Waals surface area contributed by atoms with Crippen LogP contribution in [0.2, 0.25) is 0 Å². The maximum atomic E-state index is 12.8. The van der Waals surface area contributed by atoms with Gasteiger partial charge in [0.1, 0.15) is 0 Å². The van der Waals surface area contributed by atoms with Crippen LogP contribution in [-0.2, 0) is 6.42 Å². The highest BCUT2D eigenvalue weighted by molar-refractivity contribution is 6.06. The van der Waals surface area contributed by atoms with E-state index in [4.69, 9.17) is 0 Å². The monoisotopic (exact) mass is 367 g/mol. The predicted molar refractivity (Wildman–Crippen MR) is 118 cm³/mol. The summed E-state index contributed by atoms with van der Waals surface area (Å²) >= 11 is 0. The van der Waals surface area contributed by atoms with E-state index in [2.05, 4.69) is 66.9 Å². The molecule has 4 rings (SSSR count). The Bertz CT molecular complexity index is 1050. The van der Waals surface area contributed by atoms with Crippen LogP contribution in [0.4, 0.5) is 5.69 Å². The number of aryl methyl sites for hydroxylation is 4. The third-order valence-corrected chi connectivity index (χ3v) is 5.42. The van der Waals surface area contributed by atoms with Gasteiger partial charge in [-0.2, -0.15) is 0 Å². The van der Waals surface area contributed by atoms with Crippen LogP contribution in [0.5, 0.6) is 0 Å². The van der Waals surface area contributed by atoms with E-state index in [0.717, 1.165) is 35.2 Å². The molecule has 3 aromatic rings. The summed E-state index contributed by atoms with van der Waals surface area (Å²) in [6, 6.07) is 18.8. The second-order valence-electron chi connectivity index (χ2n) is 7.62. The van der Waals surface area contributed by atoms with E-state index in [0.29, 0.717) is 0 Å². The van der Waals surface area contributed by atoms with Crippen molar-refractivity contribution >= 4 is 17.7 Å². The number of nitrogens with one attached hydrogen (secondary N) is 1. The Kier molecular flexibility index (Phi) is 4.87. The number of amides is 1. The molecule has 0 spiro atoms. The van der Waals surface area contributed by atoms with Crippen molar-refractivity contribution < 1.29 is 4.79 Å². The lowest BCUT2D eigenvalue weighted by molar-refractivity contribution is 0.102. The molecule has 0 fully saturated rings. The second-order valence-corrected chi connectivity index (χ2v) is 7.62. The second kappa shape index (κ2) is 7.47. The number of benzene rings is 3. The van der Waals surface area contributed by atoms with Gasteiger partial charge >= 0.3 is 0 Å². The lowest BCUT2D eigenvalue weighted by atomic mass is 9.90. The van der Waals surface area contributed by atoms with Crippen molar-refractivity contribution in [3.8, 4) is 11.1 Å². The quantitative estimate of drug-likeness (QED) is 0.563. The highest BCUT2D eigenvalue weighted by Gasteiger charge is 2.14. The maximum absolute atomic E-state index is 12.8. The minimum absolute atomic E-state index is 0.0530. The molecule has 0 bridgehead atoms. The molecule has 0 saturated heterocycles. The van der Waals surface area contributed by atoms with Crippen molar-refractivity contribution in [1.29, 1.82) is 0 Å². The van der Waals surface area contributed by atoms with E-state index in [1.165, 1.54) is 27.8 Å². The molecule has 140 valence electrons. The molecular weight excluding hydrogens is 342 g/mol. The fourth-order valence-corrected chi connectivity index (χ4v) is 4.18. The minimum atomic E-state index is -0.0530. The van der Waals surface area contributed by atoms with Gasteiger partial charge in [-0.3, -0.25) is 4.79 Å². The number of anilines is 1. The van der Waals surface area contributed by atoms with Gasteiger partial charge in [-0.05, 0) is 79.1 Å². The van der Waals surface area contributed by atoms with Crippen LogP contribution in [0, 0.1) is 20.8 Å². The highest BCUT2D eigenvalue weighted by Crippen LogP contribution is 2.31. The summed E-state index contributed by atoms with van der Waals surface area (Å²) in [7, 11) is 0. The largest absolute Gasteiger partial charge is 0.322 e. The molecule has 0 unspecified atom stereocenters. The van der Waals surface area contributed by atoms with Crippen molar-refractivity contribution in [3.05, 3.63) is 94.1 Å². The van der Waals surface area contributed by atoms with Gasteiger partial charge in [-0.25, -0.2) is 0 Å². The van der Waals surface area contributed by atoms with Gasteiger partial charge in [0.25, 0.3) is 5.91 Å². The first-order chi connectivity index (χ1) is 13.5. The Labute approximate surface area is 166 Å². The molecule has 28 heavy (non-hydrogen) atoms. The zero-order valence-electron chi connectivity index (χ0n) is 16.7. The molecule has 1 amide bonds. The highest BCUT2D eigenvalue weighted by atomic mass is 16.1. The molecule has 0 heterocycles. The Hall–Kier alpha value is -3.13. The summed E-state index contributed by atoms with van der Waals surface area (Å²) in [5.41, 5.74) is 9.91. The van der Waals surface area contributed by atoms with E-state index < -0.39 is 0 Å². The first kappa shape index (κ1) is 18.2. The number of carbonyl (C=O) groups excluding carboxylic acids is 1. The topological polar surface area (TPSA) is 29.1 Å². The lowest BCUT2D eigenvalue weighted by Gasteiger charge is -2.16. The third kappa shape index (κ3) is 3.50. The summed E-state index contributed by atoms with van der Waals surface area (Å²) in [5.74, 6) is -0.0530. The molecule has 2 nitrogen and oxygen atoms in total. The fourth-order valence-electron chi connectivity index (χ4n) is 4.18. The van der Waals surface area contributed by atoms with Crippen LogP contribution in [-0.4, -0.2) is 5.91 Å². The number of fused-ring (bicyclic) bond motifs is 1. The molecular formula is C26H25NO. The van der Waals surface area contributed by atoms with Gasteiger partial charge in [0.2, 0.25) is 0 Å². The molecule has 0 radical (unpaired) electrons. The van der Waals surface area contributed by atoms with Crippen LogP contribution in [0.15, 0.2) is 60.7 Å². The predicted octanol–water partition coefficient (Wildman–Crippen LogP) is 6.49. The molecule has 0 saturated carbocycles. The summed E-state index contributed by atoms with van der Waals surface area (Å²) in [6.07, 6.45) is 6.68. The van der Waals surface area contributed by atoms with Crippen molar-refractivity contribution in [2.75, 3.05) is 5.32 Å². The molecule has 1 aliphatic carbocycles. The van der Waals surface area contributed by atoms with Gasteiger partial charge in [0.15, 0.2) is 0 Å². The number of carbonyl (C=O) groups is 1. The first-order valence-corrected chi connectivity index (χ1v) is 9.81. The van der Waals surface area contributed by atoms with E-state index in [1.54, 1.807) is 0 Å². The summed E-state index contributed by atoms with van der Waals surface area (Å²) in [4.78, 5) is 12.8. The van der Waals surface area contributed by atoms with Crippen molar-refractivity contribution in [2.24, 2.45) is 0 Å². The summed E-state index contributed by atoms with van der Waals surface area (Å²) in [5, 5.41) is 3.05. The maximum Gasteiger partial charge on any atom is 0.256 e. The molecule has 0 aliphatic heterocycles. The molecule has 0 atom stereocenters. The number of allylic oxidation sites excluding steroid dienone is 1. The molecule has 2 heteroatoms. The Morgan fingerprint density at radius 2 is 1.64 bits per heavy atom. The SMILES string of the molecule is Cc1cc(C)c(C(=O)Nc2ccc(-c3cccc4c3C=CCC4)cc2)c(C)c1. The average molecular weight is 367 g/mol. The van der Waals surface area contributed by atoms with Crippen molar-refractivity contribution in [2.45, 2.75) is 33.6 Å². The van der Waals surface area contributed by atoms with Crippen LogP contribution < -0.4 is 5.32 Å². The summed E-state index contributed by atoms with van der Waals surface area (Å²) in [6.45, 7) is 6.03. The third-order valence-electron chi connectivity index (χ3n) is 5.42. The van der Waals surface area contributed by atoms with E-state index >= 15 is 0 Å². The Balaban J connectivity index is 1.59. The zero-order chi connectivity index (χ0) is 19.7. The van der Waals surface area contributed by atoms with Gasteiger partial charge < -0.3 is 5.32 Å². The zero-order valence-corrected chi connectivity index (χ0v) is 16.7. The number of hydrogen-bond donors (Lipinski definition) is 1. The number of hydrogen-bond acceptors (Lipinski definition) is 1. The standard InChI is InChI=1S/C26H25NO/c1-17-15-18(2)25(19(3)16-17)26(28)27-22-13-11-21(12-14-22)24-10-6-8-20-7-4-5-9-23(20)24/h5-6,8-16H,4,7H2,1-3H3,(H,27,28). The Morgan fingerprint density at radius 1 is 0.929 bits per heavy atom. The van der Waals surface area contributed by atoms with Gasteiger partial charge in [0.05, 0.1) is 0 Å². The fraction of sp³-hybridized carbons (Fsp3) is 0.192. The van der Waals surface area contributed by atoms with Crippen LogP contribution in [0.1, 0.15) is 44.6 Å². The normalized spacial score (nSPS) is 12.5. The van der Waals surface area contributed by atoms with Crippen molar-refractivity contribution in [3.63, 3.8) is 0 Å². The minimum Gasteiger partial charge on any atom is -0.322 e. The van der Waals surface area contributed by atoms with Crippen molar-refractivity contribution in [1.82, 2.24) is 0 Å². The van der Waals surface area contributed by atoms with Crippen LogP contribution >= 0.6 is 0 Å². The molecule has 3 aromatic carbocycles. The number of rotatable bonds is 3. The van der Waals surface area contributed by atoms with E-state index in [1.807, 2.05) is 26.0 Å². The van der Waals surface area contributed by atoms with Gasteiger partial charge in [-0.15, -0.1) is 0 Å². The first-order valence-electron chi connectivity index (χ1n) is 9.81. The molecule has 1 N–H and O–H groups in total. The molecule has 1 aliphatic rings. The van der Waals surface area contributed by atoms with E-state index in [-0.39, 0.29) is 5.91 Å². The van der Waals surface area contributed by atoms with E-state index in [9.17, 15) is 4.79 Å². The Morgan fingerprint density at radius 3 is 2.36 bits per heavy atom. The molecule has 0 aromatic heterocycles. The summed E-state index contributed by atoms with van der Waals surface area (Å²) < 4.78 is 0. The smallest absolute Gasteiger partial charge is 0.256 e. The lowest BCUT2D eigenvalue weighted by Crippen LogP contribution is -2.15. The van der Waals surface area contributed by atoms with Gasteiger partial charge in [-0.1, -0.05) is 60.2 Å². The van der Waals surface area contributed by atoms with Crippen LogP contribution in [0.3, 0.4) is 0 Å². The van der Waals surface area contributed by atoms with Crippen LogP contribution in [0.25, 0.3) is 17.2 Å².